The molecule has 0 fully saturated rings. The Morgan fingerprint density at radius 1 is 1.28 bits per heavy atom. The van der Waals surface area contributed by atoms with Crippen LogP contribution in [-0.2, 0) is 16.0 Å². The largest absolute Gasteiger partial charge is 0.369 e. The summed E-state index contributed by atoms with van der Waals surface area (Å²) in [5, 5.41) is 0. The number of nitrogen functional groups attached to an aromatic ring is 1. The minimum Gasteiger partial charge on any atom is -0.369 e. The predicted octanol–water partition coefficient (Wildman–Crippen LogP) is 1.52. The fourth-order valence-electron chi connectivity index (χ4n) is 1.73. The Hall–Kier alpha value is -1.73. The molecule has 0 aliphatic heterocycles. The summed E-state index contributed by atoms with van der Waals surface area (Å²) in [6, 6.07) is 2.06. The van der Waals surface area contributed by atoms with Gasteiger partial charge >= 0.3 is 0 Å². The molecule has 1 aromatic carbocycles. The van der Waals surface area contributed by atoms with Gasteiger partial charge in [-0.05, 0) is 0 Å². The van der Waals surface area contributed by atoms with Crippen LogP contribution in [0.2, 0.25) is 0 Å². The van der Waals surface area contributed by atoms with Gasteiger partial charge in [0, 0.05) is 26.4 Å². The van der Waals surface area contributed by atoms with E-state index in [1.54, 1.807) is 0 Å². The number of aromatic nitrogens is 2. The van der Waals surface area contributed by atoms with Crippen molar-refractivity contribution in [3.05, 3.63) is 23.8 Å². The molecular weight excluding hydrogens is 244 g/mol. The average molecular weight is 257 g/mol. The Bertz CT molecular complexity index is 567. The van der Waals surface area contributed by atoms with Crippen molar-refractivity contribution in [2.24, 2.45) is 0 Å². The summed E-state index contributed by atoms with van der Waals surface area (Å²) in [5.41, 5.74) is 6.39. The Morgan fingerprint density at radius 2 is 1.89 bits per heavy atom. The van der Waals surface area contributed by atoms with Gasteiger partial charge in [0.05, 0.1) is 17.6 Å². The standard InChI is InChI=1S/C11H13F2N3O2/c1-17-10(18-2)5-16-9-4-7(13)6(12)3-8(9)15-11(16)14/h3-4,10H,5H2,1-2H3,(H2,14,15). The molecule has 2 N–H and O–H groups in total. The van der Waals surface area contributed by atoms with Crippen molar-refractivity contribution in [1.29, 1.82) is 0 Å². The molecule has 0 aliphatic rings. The molecule has 98 valence electrons. The molecule has 0 amide bonds. The summed E-state index contributed by atoms with van der Waals surface area (Å²) in [7, 11) is 2.95. The third-order valence-electron chi connectivity index (χ3n) is 2.68. The number of anilines is 1. The van der Waals surface area contributed by atoms with Crippen LogP contribution >= 0.6 is 0 Å². The van der Waals surface area contributed by atoms with Gasteiger partial charge in [-0.1, -0.05) is 0 Å². The maximum absolute atomic E-state index is 13.2. The lowest BCUT2D eigenvalue weighted by molar-refractivity contribution is -0.110. The molecule has 18 heavy (non-hydrogen) atoms. The maximum Gasteiger partial charge on any atom is 0.201 e. The fourth-order valence-corrected chi connectivity index (χ4v) is 1.73. The Morgan fingerprint density at radius 3 is 2.50 bits per heavy atom. The molecule has 0 aliphatic carbocycles. The minimum absolute atomic E-state index is 0.147. The highest BCUT2D eigenvalue weighted by Gasteiger charge is 2.15. The van der Waals surface area contributed by atoms with Gasteiger partial charge in [-0.25, -0.2) is 13.8 Å². The highest BCUT2D eigenvalue weighted by Crippen LogP contribution is 2.21. The van der Waals surface area contributed by atoms with Crippen molar-refractivity contribution in [2.45, 2.75) is 12.8 Å². The molecule has 1 aromatic heterocycles. The number of imidazole rings is 1. The molecule has 0 atom stereocenters. The van der Waals surface area contributed by atoms with E-state index in [1.807, 2.05) is 0 Å². The van der Waals surface area contributed by atoms with Crippen LogP contribution in [0.15, 0.2) is 12.1 Å². The first-order valence-electron chi connectivity index (χ1n) is 5.23. The molecule has 0 saturated carbocycles. The SMILES string of the molecule is COC(Cn1c(N)nc2cc(F)c(F)cc21)OC. The molecule has 2 aromatic rings. The third kappa shape index (κ3) is 2.14. The highest BCUT2D eigenvalue weighted by atomic mass is 19.2. The zero-order chi connectivity index (χ0) is 13.3. The van der Waals surface area contributed by atoms with Crippen molar-refractivity contribution in [3.8, 4) is 0 Å². The second-order valence-electron chi connectivity index (χ2n) is 3.74. The number of hydrogen-bond acceptors (Lipinski definition) is 4. The first-order chi connectivity index (χ1) is 8.56. The quantitative estimate of drug-likeness (QED) is 0.843. The monoisotopic (exact) mass is 257 g/mol. The second-order valence-corrected chi connectivity index (χ2v) is 3.74. The number of nitrogens with two attached hydrogens (primary N) is 1. The van der Waals surface area contributed by atoms with Gasteiger partial charge < -0.3 is 19.8 Å². The summed E-state index contributed by atoms with van der Waals surface area (Å²) in [4.78, 5) is 3.96. The molecule has 0 saturated heterocycles. The van der Waals surface area contributed by atoms with Crippen molar-refractivity contribution in [3.63, 3.8) is 0 Å². The molecule has 0 unspecified atom stereocenters. The van der Waals surface area contributed by atoms with Crippen LogP contribution in [0.4, 0.5) is 14.7 Å². The maximum atomic E-state index is 13.2. The Labute approximate surface area is 102 Å². The Kier molecular flexibility index (Phi) is 3.44. The number of ether oxygens (including phenoxy) is 2. The molecule has 0 radical (unpaired) electrons. The van der Waals surface area contributed by atoms with Gasteiger partial charge in [0.15, 0.2) is 17.9 Å². The summed E-state index contributed by atoms with van der Waals surface area (Å²) < 4.78 is 37.9. The first-order valence-corrected chi connectivity index (χ1v) is 5.23. The van der Waals surface area contributed by atoms with Crippen LogP contribution in [0.25, 0.3) is 11.0 Å². The average Bonchev–Trinajstić information content (AvgIpc) is 2.63. The highest BCUT2D eigenvalue weighted by molar-refractivity contribution is 5.78. The molecule has 2 rings (SSSR count). The molecule has 1 heterocycles. The van der Waals surface area contributed by atoms with E-state index in [-0.39, 0.29) is 18.0 Å². The number of hydrogen-bond donors (Lipinski definition) is 1. The van der Waals surface area contributed by atoms with Gasteiger partial charge in [-0.15, -0.1) is 0 Å². The van der Waals surface area contributed by atoms with Gasteiger partial charge in [-0.2, -0.15) is 0 Å². The summed E-state index contributed by atoms with van der Waals surface area (Å²) >= 11 is 0. The first kappa shape index (κ1) is 12.7. The zero-order valence-electron chi connectivity index (χ0n) is 9.98. The van der Waals surface area contributed by atoms with E-state index >= 15 is 0 Å². The molecule has 7 heteroatoms. The number of fused-ring (bicyclic) bond motifs is 1. The topological polar surface area (TPSA) is 62.3 Å². The number of methoxy groups -OCH3 is 2. The predicted molar refractivity (Wildman–Crippen MR) is 61.9 cm³/mol. The van der Waals surface area contributed by atoms with Crippen LogP contribution in [0.3, 0.4) is 0 Å². The smallest absolute Gasteiger partial charge is 0.201 e. The van der Waals surface area contributed by atoms with Crippen LogP contribution in [0.1, 0.15) is 0 Å². The fraction of sp³-hybridized carbons (Fsp3) is 0.364. The van der Waals surface area contributed by atoms with Crippen molar-refractivity contribution in [1.82, 2.24) is 9.55 Å². The van der Waals surface area contributed by atoms with Crippen LogP contribution in [-0.4, -0.2) is 30.1 Å². The van der Waals surface area contributed by atoms with E-state index in [0.29, 0.717) is 5.52 Å². The summed E-state index contributed by atoms with van der Waals surface area (Å²) in [6.07, 6.45) is -0.544. The lowest BCUT2D eigenvalue weighted by atomic mass is 10.3. The number of halogens is 2. The lowest BCUT2D eigenvalue weighted by Gasteiger charge is -2.15. The van der Waals surface area contributed by atoms with Crippen LogP contribution < -0.4 is 5.73 Å². The number of nitrogens with zero attached hydrogens (tertiary/aromatic N) is 2. The Balaban J connectivity index is 2.49. The summed E-state index contributed by atoms with van der Waals surface area (Å²) in [6.45, 7) is 0.237. The third-order valence-corrected chi connectivity index (χ3v) is 2.68. The van der Waals surface area contributed by atoms with Crippen molar-refractivity contribution >= 4 is 17.0 Å². The van der Waals surface area contributed by atoms with E-state index in [1.165, 1.54) is 18.8 Å². The van der Waals surface area contributed by atoms with Crippen molar-refractivity contribution in [2.75, 3.05) is 20.0 Å². The number of rotatable bonds is 4. The van der Waals surface area contributed by atoms with Crippen molar-refractivity contribution < 1.29 is 18.3 Å². The van der Waals surface area contributed by atoms with E-state index in [9.17, 15) is 8.78 Å². The molecular formula is C11H13F2N3O2. The normalized spacial score (nSPS) is 11.6. The second kappa shape index (κ2) is 4.87. The van der Waals surface area contributed by atoms with E-state index in [2.05, 4.69) is 4.98 Å². The van der Waals surface area contributed by atoms with Gasteiger partial charge in [0.25, 0.3) is 0 Å². The minimum atomic E-state index is -0.956. The van der Waals surface area contributed by atoms with E-state index in [4.69, 9.17) is 15.2 Å². The molecule has 0 bridgehead atoms. The summed E-state index contributed by atoms with van der Waals surface area (Å²) in [5.74, 6) is -1.76. The molecule has 0 spiro atoms. The van der Waals surface area contributed by atoms with Crippen LogP contribution in [0, 0.1) is 11.6 Å². The van der Waals surface area contributed by atoms with E-state index < -0.39 is 17.9 Å². The lowest BCUT2D eigenvalue weighted by Crippen LogP contribution is -2.21. The zero-order valence-corrected chi connectivity index (χ0v) is 9.98. The van der Waals surface area contributed by atoms with Crippen LogP contribution in [0.5, 0.6) is 0 Å². The van der Waals surface area contributed by atoms with Gasteiger partial charge in [-0.3, -0.25) is 0 Å². The number of benzene rings is 1. The van der Waals surface area contributed by atoms with E-state index in [0.717, 1.165) is 12.1 Å². The molecule has 5 nitrogen and oxygen atoms in total. The van der Waals surface area contributed by atoms with Gasteiger partial charge in [0.2, 0.25) is 5.95 Å². The van der Waals surface area contributed by atoms with Gasteiger partial charge in [0.1, 0.15) is 0 Å².